The van der Waals surface area contributed by atoms with E-state index in [-0.39, 0.29) is 30.2 Å². The number of amides is 3. The number of quaternary nitrogens is 2. The minimum Gasteiger partial charge on any atom is -0.494 e. The van der Waals surface area contributed by atoms with Crippen molar-refractivity contribution in [1.29, 1.82) is 0 Å². The van der Waals surface area contributed by atoms with Gasteiger partial charge < -0.3 is 20.3 Å². The van der Waals surface area contributed by atoms with Crippen LogP contribution in [-0.4, -0.2) is 62.1 Å². The van der Waals surface area contributed by atoms with Gasteiger partial charge in [0.15, 0.2) is 11.6 Å². The Kier molecular flexibility index (Phi) is 6.29. The lowest BCUT2D eigenvalue weighted by molar-refractivity contribution is -0.978. The van der Waals surface area contributed by atoms with Crippen LogP contribution in [0.5, 0.6) is 5.75 Å². The monoisotopic (exact) mass is 430 g/mol. The molecule has 3 aliphatic heterocycles. The van der Waals surface area contributed by atoms with E-state index in [1.54, 1.807) is 24.3 Å². The fraction of sp³-hybridized carbons (Fsp3) is 0.609. The van der Waals surface area contributed by atoms with Crippen molar-refractivity contribution in [2.45, 2.75) is 57.0 Å². The third-order valence-corrected chi connectivity index (χ3v) is 7.40. The first-order valence-corrected chi connectivity index (χ1v) is 11.6. The first-order chi connectivity index (χ1) is 15.0. The lowest BCUT2D eigenvalue weighted by Gasteiger charge is -2.44. The van der Waals surface area contributed by atoms with Gasteiger partial charge in [0.05, 0.1) is 57.7 Å². The summed E-state index contributed by atoms with van der Waals surface area (Å²) in [6.07, 6.45) is 5.04. The Balaban J connectivity index is 1.44. The zero-order chi connectivity index (χ0) is 22.0. The summed E-state index contributed by atoms with van der Waals surface area (Å²) in [5, 5.41) is 0. The molecule has 0 radical (unpaired) electrons. The number of anilines is 1. The summed E-state index contributed by atoms with van der Waals surface area (Å²) < 4.78 is 5.45. The van der Waals surface area contributed by atoms with Crippen molar-refractivity contribution in [2.75, 3.05) is 37.7 Å². The van der Waals surface area contributed by atoms with E-state index < -0.39 is 5.54 Å². The minimum absolute atomic E-state index is 0.152. The molecule has 31 heavy (non-hydrogen) atoms. The van der Waals surface area contributed by atoms with E-state index in [4.69, 9.17) is 10.5 Å². The fourth-order valence-electron chi connectivity index (χ4n) is 5.66. The third-order valence-electron chi connectivity index (χ3n) is 7.40. The molecule has 1 aromatic carbocycles. The third kappa shape index (κ3) is 4.06. The normalized spacial score (nSPS) is 29.9. The maximum atomic E-state index is 13.2. The summed E-state index contributed by atoms with van der Waals surface area (Å²) in [4.78, 5) is 42.1. The minimum atomic E-state index is -0.523. The van der Waals surface area contributed by atoms with Crippen molar-refractivity contribution >= 4 is 23.4 Å². The molecule has 0 aliphatic carbocycles. The number of nitrogens with zero attached hydrogens (tertiary/aromatic N) is 1. The summed E-state index contributed by atoms with van der Waals surface area (Å²) in [7, 11) is 0. The number of hydrogen-bond acceptors (Lipinski definition) is 4. The SMILES string of the molecule is CCOc1ccc(N2C(=O)C[C@H]([NH+]3CCC(C(N)=O)([NH+]4CCCCC4)CC3)C2=O)cc1. The standard InChI is InChI=1S/C23H32N4O4/c1-2-31-18-8-6-17(7-9-18)27-20(28)16-19(21(27)29)25-14-10-23(11-15-25,22(24)30)26-12-4-3-5-13-26/h6-9,19H,2-5,10-16H2,1H3,(H2,24,30)/p+2/t19-/m0/s1. The molecule has 0 spiro atoms. The second kappa shape index (κ2) is 8.96. The molecule has 0 aromatic heterocycles. The lowest BCUT2D eigenvalue weighted by Crippen LogP contribution is -3.27. The zero-order valence-corrected chi connectivity index (χ0v) is 18.3. The number of piperidine rings is 2. The van der Waals surface area contributed by atoms with Crippen LogP contribution in [-0.2, 0) is 14.4 Å². The first kappa shape index (κ1) is 21.8. The number of hydrogen-bond donors (Lipinski definition) is 3. The number of ether oxygens (including phenoxy) is 1. The van der Waals surface area contributed by atoms with Crippen molar-refractivity contribution in [2.24, 2.45) is 5.73 Å². The number of carbonyl (C=O) groups excluding carboxylic acids is 3. The van der Waals surface area contributed by atoms with Gasteiger partial charge in [0.2, 0.25) is 5.91 Å². The topological polar surface area (TPSA) is 98.6 Å². The number of nitrogens with two attached hydrogens (primary N) is 1. The zero-order valence-electron chi connectivity index (χ0n) is 18.3. The highest BCUT2D eigenvalue weighted by atomic mass is 16.5. The van der Waals surface area contributed by atoms with Crippen molar-refractivity contribution < 1.29 is 28.9 Å². The molecule has 0 unspecified atom stereocenters. The molecule has 168 valence electrons. The fourth-order valence-corrected chi connectivity index (χ4v) is 5.66. The van der Waals surface area contributed by atoms with Gasteiger partial charge in [-0.05, 0) is 50.5 Å². The maximum absolute atomic E-state index is 13.2. The molecular formula is C23H34N4O4+2. The molecule has 3 aliphatic rings. The van der Waals surface area contributed by atoms with Crippen LogP contribution in [0.3, 0.4) is 0 Å². The van der Waals surface area contributed by atoms with E-state index >= 15 is 0 Å². The van der Waals surface area contributed by atoms with Gasteiger partial charge in [-0.15, -0.1) is 0 Å². The number of imide groups is 1. The molecule has 1 atom stereocenters. The molecule has 8 heteroatoms. The average molecular weight is 431 g/mol. The maximum Gasteiger partial charge on any atom is 0.292 e. The molecule has 0 saturated carbocycles. The molecular weight excluding hydrogens is 396 g/mol. The Labute approximate surface area is 183 Å². The molecule has 3 heterocycles. The van der Waals surface area contributed by atoms with Gasteiger partial charge in [0, 0.05) is 0 Å². The highest BCUT2D eigenvalue weighted by molar-refractivity contribution is 6.21. The van der Waals surface area contributed by atoms with Crippen LogP contribution in [0, 0.1) is 0 Å². The van der Waals surface area contributed by atoms with Crippen LogP contribution in [0.4, 0.5) is 5.69 Å². The first-order valence-electron chi connectivity index (χ1n) is 11.6. The average Bonchev–Trinajstić information content (AvgIpc) is 3.09. The highest BCUT2D eigenvalue weighted by Gasteiger charge is 2.54. The molecule has 1 aromatic rings. The summed E-state index contributed by atoms with van der Waals surface area (Å²) in [5.74, 6) is 0.181. The number of rotatable bonds is 6. The molecule has 3 fully saturated rings. The van der Waals surface area contributed by atoms with E-state index in [9.17, 15) is 14.4 Å². The van der Waals surface area contributed by atoms with Gasteiger partial charge in [-0.25, -0.2) is 4.90 Å². The molecule has 0 bridgehead atoms. The largest absolute Gasteiger partial charge is 0.494 e. The van der Waals surface area contributed by atoms with Gasteiger partial charge in [0.25, 0.3) is 11.8 Å². The van der Waals surface area contributed by atoms with Crippen molar-refractivity contribution in [3.05, 3.63) is 24.3 Å². The highest BCUT2D eigenvalue weighted by Crippen LogP contribution is 2.25. The van der Waals surface area contributed by atoms with Gasteiger partial charge in [-0.3, -0.25) is 14.4 Å². The Morgan fingerprint density at radius 3 is 2.32 bits per heavy atom. The van der Waals surface area contributed by atoms with Gasteiger partial charge >= 0.3 is 0 Å². The lowest BCUT2D eigenvalue weighted by atomic mass is 9.83. The molecule has 4 N–H and O–H groups in total. The summed E-state index contributed by atoms with van der Waals surface area (Å²) >= 11 is 0. The Morgan fingerprint density at radius 2 is 1.74 bits per heavy atom. The van der Waals surface area contributed by atoms with Crippen LogP contribution >= 0.6 is 0 Å². The van der Waals surface area contributed by atoms with Crippen LogP contribution in [0.25, 0.3) is 0 Å². The number of nitrogens with one attached hydrogen (secondary N) is 2. The van der Waals surface area contributed by atoms with Crippen molar-refractivity contribution in [3.63, 3.8) is 0 Å². The molecule has 3 amide bonds. The van der Waals surface area contributed by atoms with Gasteiger partial charge in [0.1, 0.15) is 5.75 Å². The van der Waals surface area contributed by atoms with Crippen LogP contribution < -0.4 is 25.2 Å². The molecule has 3 saturated heterocycles. The van der Waals surface area contributed by atoms with Gasteiger partial charge in [-0.1, -0.05) is 0 Å². The Morgan fingerprint density at radius 1 is 1.10 bits per heavy atom. The number of carbonyl (C=O) groups is 3. The van der Waals surface area contributed by atoms with Gasteiger partial charge in [-0.2, -0.15) is 0 Å². The second-order valence-corrected chi connectivity index (χ2v) is 9.02. The summed E-state index contributed by atoms with van der Waals surface area (Å²) in [6.45, 7) is 5.83. The van der Waals surface area contributed by atoms with E-state index in [0.717, 1.165) is 30.8 Å². The summed E-state index contributed by atoms with van der Waals surface area (Å²) in [5.41, 5.74) is 5.97. The Hall–Kier alpha value is -2.45. The van der Waals surface area contributed by atoms with E-state index in [1.165, 1.54) is 16.2 Å². The van der Waals surface area contributed by atoms with Crippen LogP contribution in [0.15, 0.2) is 24.3 Å². The van der Waals surface area contributed by atoms with Crippen LogP contribution in [0.2, 0.25) is 0 Å². The molecule has 8 nitrogen and oxygen atoms in total. The second-order valence-electron chi connectivity index (χ2n) is 9.02. The Bertz CT molecular complexity index is 826. The van der Waals surface area contributed by atoms with E-state index in [1.807, 2.05) is 6.92 Å². The van der Waals surface area contributed by atoms with Crippen molar-refractivity contribution in [3.8, 4) is 5.75 Å². The quantitative estimate of drug-likeness (QED) is 0.488. The number of primary amides is 1. The number of benzene rings is 1. The molecule has 4 rings (SSSR count). The van der Waals surface area contributed by atoms with E-state index in [2.05, 4.69) is 0 Å². The predicted octanol–water partition coefficient (Wildman–Crippen LogP) is -1.31. The summed E-state index contributed by atoms with van der Waals surface area (Å²) in [6, 6.07) is 6.69. The predicted molar refractivity (Wildman–Crippen MR) is 115 cm³/mol. The van der Waals surface area contributed by atoms with Crippen LogP contribution in [0.1, 0.15) is 45.4 Å². The smallest absolute Gasteiger partial charge is 0.292 e. The van der Waals surface area contributed by atoms with Crippen molar-refractivity contribution in [1.82, 2.24) is 0 Å². The van der Waals surface area contributed by atoms with E-state index in [0.29, 0.717) is 44.0 Å². The number of likely N-dealkylation sites (tertiary alicyclic amines) is 2.